The van der Waals surface area contributed by atoms with Crippen molar-refractivity contribution in [3.05, 3.63) is 88.7 Å². The van der Waals surface area contributed by atoms with Gasteiger partial charge in [0, 0.05) is 5.56 Å². The minimum Gasteiger partial charge on any atom is -0.497 e. The van der Waals surface area contributed by atoms with Gasteiger partial charge in [-0.3, -0.25) is 4.79 Å². The van der Waals surface area contributed by atoms with Gasteiger partial charge in [0.1, 0.15) is 23.9 Å². The first-order chi connectivity index (χ1) is 13.2. The molecule has 0 bridgehead atoms. The van der Waals surface area contributed by atoms with Crippen molar-refractivity contribution >= 4 is 10.9 Å². The van der Waals surface area contributed by atoms with E-state index < -0.39 is 0 Å². The number of fused-ring (bicyclic) bond motifs is 1. The minimum atomic E-state index is -0.144. The number of nitrogens with zero attached hydrogens (tertiary/aromatic N) is 1. The summed E-state index contributed by atoms with van der Waals surface area (Å²) in [5.41, 5.74) is 2.38. The van der Waals surface area contributed by atoms with Crippen LogP contribution in [0.25, 0.3) is 22.3 Å². The number of para-hydroxylation sites is 1. The van der Waals surface area contributed by atoms with E-state index in [1.165, 1.54) is 0 Å². The van der Waals surface area contributed by atoms with E-state index >= 15 is 0 Å². The van der Waals surface area contributed by atoms with Crippen LogP contribution in [-0.4, -0.2) is 17.1 Å². The smallest absolute Gasteiger partial charge is 0.259 e. The molecule has 0 radical (unpaired) electrons. The van der Waals surface area contributed by atoms with Crippen molar-refractivity contribution in [2.45, 2.75) is 6.61 Å². The predicted molar refractivity (Wildman–Crippen MR) is 105 cm³/mol. The molecule has 4 rings (SSSR count). The Kier molecular flexibility index (Phi) is 4.58. The summed E-state index contributed by atoms with van der Waals surface area (Å²) in [5.74, 6) is 2.08. The fraction of sp³-hybridized carbons (Fsp3) is 0.0909. The molecule has 0 aliphatic rings. The molecule has 0 atom stereocenters. The van der Waals surface area contributed by atoms with Crippen LogP contribution in [0, 0.1) is 0 Å². The average Bonchev–Trinajstić information content (AvgIpc) is 2.73. The SMILES string of the molecule is COc1cccc(COc2ccc(-c3nc4ccccc4c(=O)[nH]3)cc2)c1. The zero-order chi connectivity index (χ0) is 18.6. The van der Waals surface area contributed by atoms with Gasteiger partial charge in [-0.25, -0.2) is 4.98 Å². The number of ether oxygens (including phenoxy) is 2. The molecule has 1 heterocycles. The van der Waals surface area contributed by atoms with Gasteiger partial charge in [-0.05, 0) is 54.1 Å². The van der Waals surface area contributed by atoms with Crippen molar-refractivity contribution in [2.24, 2.45) is 0 Å². The molecule has 0 amide bonds. The molecule has 134 valence electrons. The van der Waals surface area contributed by atoms with E-state index in [1.807, 2.05) is 66.7 Å². The number of aromatic amines is 1. The lowest BCUT2D eigenvalue weighted by molar-refractivity contribution is 0.305. The Morgan fingerprint density at radius 1 is 0.926 bits per heavy atom. The van der Waals surface area contributed by atoms with Gasteiger partial charge in [0.2, 0.25) is 0 Å². The topological polar surface area (TPSA) is 64.2 Å². The van der Waals surface area contributed by atoms with Gasteiger partial charge in [-0.1, -0.05) is 24.3 Å². The Hall–Kier alpha value is -3.60. The number of H-pyrrole nitrogens is 1. The Balaban J connectivity index is 1.53. The molecule has 0 saturated carbocycles. The second-order valence-electron chi connectivity index (χ2n) is 6.10. The monoisotopic (exact) mass is 358 g/mol. The third kappa shape index (κ3) is 3.67. The molecule has 1 N–H and O–H groups in total. The molecule has 0 fully saturated rings. The van der Waals surface area contributed by atoms with Crippen LogP contribution in [0.3, 0.4) is 0 Å². The van der Waals surface area contributed by atoms with Crippen molar-refractivity contribution < 1.29 is 9.47 Å². The quantitative estimate of drug-likeness (QED) is 0.581. The second kappa shape index (κ2) is 7.33. The van der Waals surface area contributed by atoms with E-state index in [-0.39, 0.29) is 5.56 Å². The van der Waals surface area contributed by atoms with E-state index in [0.717, 1.165) is 22.6 Å². The number of hydrogen-bond acceptors (Lipinski definition) is 4. The predicted octanol–water partition coefficient (Wildman–Crippen LogP) is 4.18. The lowest BCUT2D eigenvalue weighted by Gasteiger charge is -2.09. The maximum Gasteiger partial charge on any atom is 0.259 e. The van der Waals surface area contributed by atoms with Crippen molar-refractivity contribution in [1.82, 2.24) is 9.97 Å². The molecule has 0 saturated heterocycles. The van der Waals surface area contributed by atoms with Gasteiger partial charge in [0.25, 0.3) is 5.56 Å². The zero-order valence-corrected chi connectivity index (χ0v) is 14.8. The highest BCUT2D eigenvalue weighted by Crippen LogP contribution is 2.21. The molecule has 5 heteroatoms. The Morgan fingerprint density at radius 3 is 2.56 bits per heavy atom. The number of aromatic nitrogens is 2. The van der Waals surface area contributed by atoms with Crippen LogP contribution in [0.2, 0.25) is 0 Å². The lowest BCUT2D eigenvalue weighted by Crippen LogP contribution is -2.09. The maximum atomic E-state index is 12.2. The standard InChI is InChI=1S/C22H18N2O3/c1-26-18-6-4-5-15(13-18)14-27-17-11-9-16(10-12-17)21-23-20-8-3-2-7-19(20)22(25)24-21/h2-13H,14H2,1H3,(H,23,24,25). The third-order valence-corrected chi connectivity index (χ3v) is 4.28. The molecule has 0 aliphatic carbocycles. The first kappa shape index (κ1) is 16.8. The summed E-state index contributed by atoms with van der Waals surface area (Å²) in [6, 6.07) is 22.6. The minimum absolute atomic E-state index is 0.144. The van der Waals surface area contributed by atoms with E-state index in [9.17, 15) is 4.79 Å². The van der Waals surface area contributed by atoms with Crippen molar-refractivity contribution in [3.8, 4) is 22.9 Å². The van der Waals surface area contributed by atoms with Gasteiger partial charge in [0.15, 0.2) is 0 Å². The van der Waals surface area contributed by atoms with Crippen molar-refractivity contribution in [1.29, 1.82) is 0 Å². The Bertz CT molecular complexity index is 1130. The van der Waals surface area contributed by atoms with Crippen LogP contribution in [-0.2, 0) is 6.61 Å². The first-order valence-corrected chi connectivity index (χ1v) is 8.58. The third-order valence-electron chi connectivity index (χ3n) is 4.28. The second-order valence-corrected chi connectivity index (χ2v) is 6.10. The van der Waals surface area contributed by atoms with Gasteiger partial charge >= 0.3 is 0 Å². The molecular formula is C22H18N2O3. The molecule has 3 aromatic carbocycles. The fourth-order valence-corrected chi connectivity index (χ4v) is 2.86. The van der Waals surface area contributed by atoms with Gasteiger partial charge < -0.3 is 14.5 Å². The summed E-state index contributed by atoms with van der Waals surface area (Å²) >= 11 is 0. The van der Waals surface area contributed by atoms with Gasteiger partial charge in [-0.2, -0.15) is 0 Å². The highest BCUT2D eigenvalue weighted by atomic mass is 16.5. The van der Waals surface area contributed by atoms with Crippen LogP contribution < -0.4 is 15.0 Å². The van der Waals surface area contributed by atoms with Crippen LogP contribution >= 0.6 is 0 Å². The summed E-state index contributed by atoms with van der Waals surface area (Å²) in [4.78, 5) is 19.6. The number of nitrogens with one attached hydrogen (secondary N) is 1. The molecule has 5 nitrogen and oxygen atoms in total. The van der Waals surface area contributed by atoms with E-state index in [2.05, 4.69) is 9.97 Å². The maximum absolute atomic E-state index is 12.2. The number of methoxy groups -OCH3 is 1. The summed E-state index contributed by atoms with van der Waals surface area (Å²) < 4.78 is 11.0. The van der Waals surface area contributed by atoms with E-state index in [0.29, 0.717) is 23.3 Å². The van der Waals surface area contributed by atoms with Crippen LogP contribution in [0.4, 0.5) is 0 Å². The molecule has 4 aromatic rings. The normalized spacial score (nSPS) is 10.7. The molecule has 1 aromatic heterocycles. The summed E-state index contributed by atoms with van der Waals surface area (Å²) in [6.07, 6.45) is 0. The number of hydrogen-bond donors (Lipinski definition) is 1. The highest BCUT2D eigenvalue weighted by molar-refractivity contribution is 5.79. The molecule has 0 aliphatic heterocycles. The number of benzene rings is 3. The molecule has 0 unspecified atom stereocenters. The highest BCUT2D eigenvalue weighted by Gasteiger charge is 2.06. The van der Waals surface area contributed by atoms with E-state index in [4.69, 9.17) is 9.47 Å². The molecular weight excluding hydrogens is 340 g/mol. The summed E-state index contributed by atoms with van der Waals surface area (Å²) in [6.45, 7) is 0.446. The molecule has 0 spiro atoms. The van der Waals surface area contributed by atoms with Crippen molar-refractivity contribution in [2.75, 3.05) is 7.11 Å². The average molecular weight is 358 g/mol. The first-order valence-electron chi connectivity index (χ1n) is 8.58. The Morgan fingerprint density at radius 2 is 1.74 bits per heavy atom. The summed E-state index contributed by atoms with van der Waals surface area (Å²) in [7, 11) is 1.64. The lowest BCUT2D eigenvalue weighted by atomic mass is 10.2. The van der Waals surface area contributed by atoms with Gasteiger partial charge in [-0.15, -0.1) is 0 Å². The Labute approximate surface area is 156 Å². The fourth-order valence-electron chi connectivity index (χ4n) is 2.86. The van der Waals surface area contributed by atoms with Crippen LogP contribution in [0.5, 0.6) is 11.5 Å². The summed E-state index contributed by atoms with van der Waals surface area (Å²) in [5, 5.41) is 0.583. The van der Waals surface area contributed by atoms with Gasteiger partial charge in [0.05, 0.1) is 18.0 Å². The largest absolute Gasteiger partial charge is 0.497 e. The van der Waals surface area contributed by atoms with Crippen LogP contribution in [0.15, 0.2) is 77.6 Å². The molecule has 27 heavy (non-hydrogen) atoms. The van der Waals surface area contributed by atoms with E-state index in [1.54, 1.807) is 13.2 Å². The van der Waals surface area contributed by atoms with Crippen LogP contribution in [0.1, 0.15) is 5.56 Å². The van der Waals surface area contributed by atoms with Crippen molar-refractivity contribution in [3.63, 3.8) is 0 Å². The number of rotatable bonds is 5. The zero-order valence-electron chi connectivity index (χ0n) is 14.8.